The summed E-state index contributed by atoms with van der Waals surface area (Å²) < 4.78 is 0.916. The number of thioether (sulfide) groups is 1. The maximum Gasteiger partial charge on any atom is 0.307 e. The van der Waals surface area contributed by atoms with Crippen LogP contribution < -0.4 is 0 Å². The first-order valence-electron chi connectivity index (χ1n) is 4.11. The van der Waals surface area contributed by atoms with Crippen LogP contribution in [0.4, 0.5) is 0 Å². The van der Waals surface area contributed by atoms with Crippen molar-refractivity contribution in [3.05, 3.63) is 29.3 Å². The second-order valence-corrected chi connectivity index (χ2v) is 4.46. The summed E-state index contributed by atoms with van der Waals surface area (Å²) in [6.45, 7) is 0. The molecule has 0 radical (unpaired) electrons. The van der Waals surface area contributed by atoms with Crippen molar-refractivity contribution in [1.29, 1.82) is 0 Å². The molecule has 76 valence electrons. The van der Waals surface area contributed by atoms with Gasteiger partial charge in [0.05, 0.1) is 6.42 Å². The van der Waals surface area contributed by atoms with Crippen LogP contribution in [0, 0.1) is 0 Å². The number of hydrogen-bond donors (Lipinski definition) is 1. The van der Waals surface area contributed by atoms with Gasteiger partial charge >= 0.3 is 5.97 Å². The molecule has 0 amide bonds. The smallest absolute Gasteiger partial charge is 0.307 e. The summed E-state index contributed by atoms with van der Waals surface area (Å²) in [5.41, 5.74) is 2.10. The third-order valence-electron chi connectivity index (χ3n) is 1.84. The Morgan fingerprint density at radius 3 is 2.79 bits per heavy atom. The number of aliphatic carboxylic acids is 1. The lowest BCUT2D eigenvalue weighted by Crippen LogP contribution is -2.02. The monoisotopic (exact) mass is 322 g/mol. The van der Waals surface area contributed by atoms with E-state index in [0.29, 0.717) is 0 Å². The molecule has 0 aliphatic carbocycles. The summed E-state index contributed by atoms with van der Waals surface area (Å²) in [5, 5.41) is 8.74. The van der Waals surface area contributed by atoms with Crippen LogP contribution in [-0.4, -0.2) is 17.3 Å². The second kappa shape index (κ2) is 5.60. The molecule has 0 atom stereocenters. The Morgan fingerprint density at radius 2 is 2.29 bits per heavy atom. The summed E-state index contributed by atoms with van der Waals surface area (Å²) in [7, 11) is 0. The molecule has 0 aliphatic heterocycles. The van der Waals surface area contributed by atoms with E-state index in [2.05, 4.69) is 22.6 Å². The average Bonchev–Trinajstić information content (AvgIpc) is 2.16. The number of rotatable bonds is 4. The zero-order valence-corrected chi connectivity index (χ0v) is 10.8. The molecule has 4 heteroatoms. The predicted octanol–water partition coefficient (Wildman–Crippen LogP) is 2.97. The maximum absolute atomic E-state index is 10.6. The Bertz CT molecular complexity index is 339. The molecule has 0 heterocycles. The third kappa shape index (κ3) is 3.16. The summed E-state index contributed by atoms with van der Waals surface area (Å²) in [6.07, 6.45) is 2.07. The number of carboxylic acids is 1. The number of carboxylic acid groups (broad SMARTS) is 1. The van der Waals surface area contributed by atoms with Gasteiger partial charge < -0.3 is 5.11 Å². The van der Waals surface area contributed by atoms with Crippen molar-refractivity contribution in [2.24, 2.45) is 0 Å². The summed E-state index contributed by atoms with van der Waals surface area (Å²) in [6, 6.07) is 6.02. The van der Waals surface area contributed by atoms with Gasteiger partial charge in [0.1, 0.15) is 0 Å². The highest BCUT2D eigenvalue weighted by atomic mass is 127. The van der Waals surface area contributed by atoms with Crippen molar-refractivity contribution in [2.75, 3.05) is 6.26 Å². The summed E-state index contributed by atoms with van der Waals surface area (Å²) in [5.74, 6) is -0.772. The minimum atomic E-state index is -0.772. The van der Waals surface area contributed by atoms with Crippen molar-refractivity contribution in [2.45, 2.75) is 15.7 Å². The van der Waals surface area contributed by atoms with E-state index in [9.17, 15) is 4.79 Å². The molecule has 0 saturated carbocycles. The highest BCUT2D eigenvalue weighted by Gasteiger charge is 2.06. The molecule has 0 aromatic heterocycles. The third-order valence-corrected chi connectivity index (χ3v) is 3.56. The zero-order valence-electron chi connectivity index (χ0n) is 7.79. The average molecular weight is 322 g/mol. The van der Waals surface area contributed by atoms with Crippen LogP contribution in [-0.2, 0) is 15.6 Å². The lowest BCUT2D eigenvalue weighted by atomic mass is 10.1. The Hall–Kier alpha value is -0.230. The molecule has 0 aliphatic rings. The Labute approximate surface area is 101 Å². The van der Waals surface area contributed by atoms with Gasteiger partial charge in [-0.1, -0.05) is 34.7 Å². The van der Waals surface area contributed by atoms with Crippen LogP contribution in [0.5, 0.6) is 0 Å². The second-order valence-electron chi connectivity index (χ2n) is 2.85. The largest absolute Gasteiger partial charge is 0.481 e. The fraction of sp³-hybridized carbons (Fsp3) is 0.300. The first-order valence-corrected chi connectivity index (χ1v) is 6.86. The Kier molecular flexibility index (Phi) is 4.74. The van der Waals surface area contributed by atoms with E-state index in [-0.39, 0.29) is 6.42 Å². The van der Waals surface area contributed by atoms with Gasteiger partial charge in [-0.15, -0.1) is 11.8 Å². The fourth-order valence-corrected chi connectivity index (χ4v) is 2.29. The SMILES string of the molecule is CSc1ccc(CI)cc1CC(=O)O. The number of halogens is 1. The highest BCUT2D eigenvalue weighted by Crippen LogP contribution is 2.23. The van der Waals surface area contributed by atoms with Gasteiger partial charge in [0, 0.05) is 9.32 Å². The number of alkyl halides is 1. The molecule has 1 aromatic rings. The van der Waals surface area contributed by atoms with Gasteiger partial charge in [-0.3, -0.25) is 4.79 Å². The Morgan fingerprint density at radius 1 is 1.57 bits per heavy atom. The predicted molar refractivity (Wildman–Crippen MR) is 67.3 cm³/mol. The van der Waals surface area contributed by atoms with E-state index < -0.39 is 5.97 Å². The van der Waals surface area contributed by atoms with E-state index in [1.807, 2.05) is 24.5 Å². The molecule has 0 saturated heterocycles. The number of benzene rings is 1. The standard InChI is InChI=1S/C10H11IO2S/c1-14-9-3-2-7(6-11)4-8(9)5-10(12)13/h2-4H,5-6H2,1H3,(H,12,13). The van der Waals surface area contributed by atoms with E-state index in [1.54, 1.807) is 11.8 Å². The molecule has 2 nitrogen and oxygen atoms in total. The minimum absolute atomic E-state index is 0.112. The van der Waals surface area contributed by atoms with Crippen molar-refractivity contribution >= 4 is 40.3 Å². The topological polar surface area (TPSA) is 37.3 Å². The fourth-order valence-electron chi connectivity index (χ4n) is 1.22. The summed E-state index contributed by atoms with van der Waals surface area (Å²) in [4.78, 5) is 11.7. The van der Waals surface area contributed by atoms with E-state index in [4.69, 9.17) is 5.11 Å². The minimum Gasteiger partial charge on any atom is -0.481 e. The normalized spacial score (nSPS) is 10.1. The lowest BCUT2D eigenvalue weighted by molar-refractivity contribution is -0.136. The number of hydrogen-bond acceptors (Lipinski definition) is 2. The van der Waals surface area contributed by atoms with Crippen LogP contribution in [0.2, 0.25) is 0 Å². The van der Waals surface area contributed by atoms with Crippen LogP contribution in [0.1, 0.15) is 11.1 Å². The van der Waals surface area contributed by atoms with Gasteiger partial charge in [-0.2, -0.15) is 0 Å². The van der Waals surface area contributed by atoms with Gasteiger partial charge in [-0.05, 0) is 23.4 Å². The molecule has 1 N–H and O–H groups in total. The number of carbonyl (C=O) groups is 1. The van der Waals surface area contributed by atoms with Crippen LogP contribution in [0.25, 0.3) is 0 Å². The van der Waals surface area contributed by atoms with E-state index in [1.165, 1.54) is 5.56 Å². The van der Waals surface area contributed by atoms with Crippen molar-refractivity contribution < 1.29 is 9.90 Å². The summed E-state index contributed by atoms with van der Waals surface area (Å²) >= 11 is 3.86. The van der Waals surface area contributed by atoms with Crippen molar-refractivity contribution in [1.82, 2.24) is 0 Å². The highest BCUT2D eigenvalue weighted by molar-refractivity contribution is 14.1. The van der Waals surface area contributed by atoms with Gasteiger partial charge in [0.15, 0.2) is 0 Å². The van der Waals surface area contributed by atoms with Gasteiger partial charge in [0.2, 0.25) is 0 Å². The molecular formula is C10H11IO2S. The molecule has 0 spiro atoms. The van der Waals surface area contributed by atoms with Crippen LogP contribution >= 0.6 is 34.4 Å². The van der Waals surface area contributed by atoms with E-state index in [0.717, 1.165) is 14.9 Å². The van der Waals surface area contributed by atoms with Gasteiger partial charge in [-0.25, -0.2) is 0 Å². The molecule has 0 bridgehead atoms. The zero-order chi connectivity index (χ0) is 10.6. The van der Waals surface area contributed by atoms with Crippen LogP contribution in [0.3, 0.4) is 0 Å². The van der Waals surface area contributed by atoms with Crippen molar-refractivity contribution in [3.63, 3.8) is 0 Å². The molecule has 14 heavy (non-hydrogen) atoms. The molecule has 0 fully saturated rings. The van der Waals surface area contributed by atoms with Gasteiger partial charge in [0.25, 0.3) is 0 Å². The lowest BCUT2D eigenvalue weighted by Gasteiger charge is -2.06. The Balaban J connectivity index is 3.01. The first-order chi connectivity index (χ1) is 6.67. The molecular weight excluding hydrogens is 311 g/mol. The maximum atomic E-state index is 10.6. The van der Waals surface area contributed by atoms with Crippen molar-refractivity contribution in [3.8, 4) is 0 Å². The van der Waals surface area contributed by atoms with E-state index >= 15 is 0 Å². The molecule has 1 rings (SSSR count). The quantitative estimate of drug-likeness (QED) is 0.526. The molecule has 0 unspecified atom stereocenters. The first kappa shape index (κ1) is 11.8. The molecule has 1 aromatic carbocycles. The van der Waals surface area contributed by atoms with Crippen LogP contribution in [0.15, 0.2) is 23.1 Å².